The number of halogens is 1. The molecule has 0 atom stereocenters. The van der Waals surface area contributed by atoms with E-state index in [0.29, 0.717) is 32.3 Å². The lowest BCUT2D eigenvalue weighted by atomic mass is 10.1. The topological polar surface area (TPSA) is 74.3 Å². The molecular weight excluding hydrogens is 582 g/mol. The third-order valence-corrected chi connectivity index (χ3v) is 8.44. The van der Waals surface area contributed by atoms with Crippen molar-refractivity contribution in [2.24, 2.45) is 0 Å². The highest BCUT2D eigenvalue weighted by molar-refractivity contribution is 7.15. The van der Waals surface area contributed by atoms with Crippen molar-refractivity contribution in [2.45, 2.75) is 6.61 Å². The first-order chi connectivity index (χ1) is 21.1. The van der Waals surface area contributed by atoms with Crippen molar-refractivity contribution in [3.8, 4) is 22.7 Å². The molecule has 0 N–H and O–H groups in total. The number of thiophene rings is 1. The zero-order chi connectivity index (χ0) is 29.2. The second kappa shape index (κ2) is 11.6. The van der Waals surface area contributed by atoms with Crippen LogP contribution in [0.1, 0.15) is 21.8 Å². The quantitative estimate of drug-likeness (QED) is 0.198. The monoisotopic (exact) mass is 603 g/mol. The highest BCUT2D eigenvalue weighted by Crippen LogP contribution is 2.28. The Labute approximate surface area is 253 Å². The Morgan fingerprint density at radius 2 is 1.77 bits per heavy atom. The first-order valence-corrected chi connectivity index (χ1v) is 15.0. The van der Waals surface area contributed by atoms with Crippen molar-refractivity contribution in [3.05, 3.63) is 145 Å². The Morgan fingerprint density at radius 1 is 0.907 bits per heavy atom. The van der Waals surface area contributed by atoms with Crippen LogP contribution in [-0.2, 0) is 6.61 Å². The van der Waals surface area contributed by atoms with Crippen LogP contribution in [-0.4, -0.2) is 24.4 Å². The molecule has 3 aromatic carbocycles. The van der Waals surface area contributed by atoms with Gasteiger partial charge in [0.2, 0.25) is 4.96 Å². The standard InChI is InChI=1S/C33H22FN5O2S2/c34-28-14-5-4-8-23(28)21-41-26-12-6-9-22(18-26)31-24(20-38(37-31)25-10-2-1-3-11-25)19-29-32(40)39-33(43-29)35-30(36-39)16-15-27-13-7-17-42-27/h1-20H,21H2/b16-15+,29-19-. The predicted octanol–water partition coefficient (Wildman–Crippen LogP) is 6.50. The smallest absolute Gasteiger partial charge is 0.291 e. The van der Waals surface area contributed by atoms with E-state index in [0.717, 1.165) is 21.7 Å². The molecule has 0 aliphatic rings. The average Bonchev–Trinajstić information content (AvgIpc) is 3.83. The van der Waals surface area contributed by atoms with Crippen LogP contribution in [0.15, 0.2) is 107 Å². The molecule has 0 fully saturated rings. The summed E-state index contributed by atoms with van der Waals surface area (Å²) < 4.78 is 23.7. The minimum absolute atomic E-state index is 0.0968. The molecule has 0 saturated carbocycles. The van der Waals surface area contributed by atoms with Crippen molar-refractivity contribution in [1.82, 2.24) is 24.4 Å². The summed E-state index contributed by atoms with van der Waals surface area (Å²) in [7, 11) is 0. The van der Waals surface area contributed by atoms with Gasteiger partial charge in [0.15, 0.2) is 5.82 Å². The van der Waals surface area contributed by atoms with Gasteiger partial charge in [0.05, 0.1) is 10.2 Å². The molecule has 0 unspecified atom stereocenters. The van der Waals surface area contributed by atoms with Crippen LogP contribution in [0.25, 0.3) is 40.1 Å². The van der Waals surface area contributed by atoms with Gasteiger partial charge in [0.25, 0.3) is 5.56 Å². The van der Waals surface area contributed by atoms with Crippen molar-refractivity contribution in [1.29, 1.82) is 0 Å². The Bertz CT molecular complexity index is 2180. The van der Waals surface area contributed by atoms with Crippen molar-refractivity contribution >= 4 is 45.9 Å². The number of para-hydroxylation sites is 1. The molecule has 4 aromatic heterocycles. The van der Waals surface area contributed by atoms with E-state index in [-0.39, 0.29) is 18.0 Å². The fourth-order valence-electron chi connectivity index (χ4n) is 4.54. The number of aromatic nitrogens is 5. The highest BCUT2D eigenvalue weighted by Gasteiger charge is 2.15. The summed E-state index contributed by atoms with van der Waals surface area (Å²) in [5.74, 6) is 0.744. The van der Waals surface area contributed by atoms with Crippen LogP contribution in [0.3, 0.4) is 0 Å². The van der Waals surface area contributed by atoms with Gasteiger partial charge in [-0.3, -0.25) is 4.79 Å². The molecule has 0 aliphatic heterocycles. The summed E-state index contributed by atoms with van der Waals surface area (Å²) in [6.45, 7) is 0.0968. The molecule has 0 aliphatic carbocycles. The maximum Gasteiger partial charge on any atom is 0.291 e. The van der Waals surface area contributed by atoms with E-state index in [1.54, 1.807) is 40.3 Å². The molecule has 0 spiro atoms. The van der Waals surface area contributed by atoms with Crippen LogP contribution < -0.4 is 14.8 Å². The summed E-state index contributed by atoms with van der Waals surface area (Å²) >= 11 is 2.89. The number of thiazole rings is 1. The van der Waals surface area contributed by atoms with Gasteiger partial charge < -0.3 is 4.74 Å². The number of fused-ring (bicyclic) bond motifs is 1. The lowest BCUT2D eigenvalue weighted by Gasteiger charge is -2.08. The van der Waals surface area contributed by atoms with Crippen LogP contribution >= 0.6 is 22.7 Å². The van der Waals surface area contributed by atoms with Crippen LogP contribution in [0.5, 0.6) is 5.75 Å². The van der Waals surface area contributed by atoms with E-state index in [2.05, 4.69) is 10.1 Å². The van der Waals surface area contributed by atoms with E-state index in [1.165, 1.54) is 21.9 Å². The molecule has 10 heteroatoms. The molecule has 7 rings (SSSR count). The highest BCUT2D eigenvalue weighted by atomic mass is 32.1. The maximum absolute atomic E-state index is 14.1. The fraction of sp³-hybridized carbons (Fsp3) is 0.0303. The van der Waals surface area contributed by atoms with E-state index in [4.69, 9.17) is 9.84 Å². The predicted molar refractivity (Wildman–Crippen MR) is 169 cm³/mol. The second-order valence-electron chi connectivity index (χ2n) is 9.55. The zero-order valence-corrected chi connectivity index (χ0v) is 24.1. The molecule has 0 saturated heterocycles. The number of nitrogens with zero attached hydrogens (tertiary/aromatic N) is 5. The Morgan fingerprint density at radius 3 is 2.58 bits per heavy atom. The van der Waals surface area contributed by atoms with E-state index in [9.17, 15) is 9.18 Å². The third-order valence-electron chi connectivity index (χ3n) is 6.65. The van der Waals surface area contributed by atoms with Gasteiger partial charge in [-0.15, -0.1) is 16.4 Å². The summed E-state index contributed by atoms with van der Waals surface area (Å²) in [5, 5.41) is 11.3. The minimum atomic E-state index is -0.312. The van der Waals surface area contributed by atoms with E-state index < -0.39 is 0 Å². The van der Waals surface area contributed by atoms with Crippen LogP contribution in [0.2, 0.25) is 0 Å². The molecule has 7 nitrogen and oxygen atoms in total. The lowest BCUT2D eigenvalue weighted by Crippen LogP contribution is -2.23. The van der Waals surface area contributed by atoms with Crippen molar-refractivity contribution in [2.75, 3.05) is 0 Å². The van der Waals surface area contributed by atoms with Gasteiger partial charge in [-0.05, 0) is 60.0 Å². The molecular formula is C33H22FN5O2S2. The molecule has 0 amide bonds. The Hall–Kier alpha value is -5.19. The largest absolute Gasteiger partial charge is 0.489 e. The molecule has 0 bridgehead atoms. The molecule has 210 valence electrons. The number of rotatable bonds is 8. The normalized spacial score (nSPS) is 12.1. The number of benzene rings is 3. The summed E-state index contributed by atoms with van der Waals surface area (Å²) in [6, 6.07) is 27.8. The summed E-state index contributed by atoms with van der Waals surface area (Å²) in [5.41, 5.74) is 3.30. The average molecular weight is 604 g/mol. The molecule has 0 radical (unpaired) electrons. The lowest BCUT2D eigenvalue weighted by molar-refractivity contribution is 0.300. The summed E-state index contributed by atoms with van der Waals surface area (Å²) in [6.07, 6.45) is 7.44. The number of hydrogen-bond donors (Lipinski definition) is 0. The van der Waals surface area contributed by atoms with Gasteiger partial charge in [-0.1, -0.05) is 65.9 Å². The maximum atomic E-state index is 14.1. The van der Waals surface area contributed by atoms with Crippen LogP contribution in [0.4, 0.5) is 4.39 Å². The van der Waals surface area contributed by atoms with E-state index in [1.807, 2.05) is 90.5 Å². The van der Waals surface area contributed by atoms with Gasteiger partial charge in [-0.2, -0.15) is 14.6 Å². The van der Waals surface area contributed by atoms with Gasteiger partial charge in [-0.25, -0.2) is 9.07 Å². The van der Waals surface area contributed by atoms with Crippen molar-refractivity contribution in [3.63, 3.8) is 0 Å². The van der Waals surface area contributed by atoms with Crippen LogP contribution in [0, 0.1) is 5.82 Å². The number of ether oxygens (including phenoxy) is 1. The molecule has 4 heterocycles. The third kappa shape index (κ3) is 5.66. The van der Waals surface area contributed by atoms with Gasteiger partial charge in [0.1, 0.15) is 23.9 Å². The molecule has 43 heavy (non-hydrogen) atoms. The van der Waals surface area contributed by atoms with Gasteiger partial charge >= 0.3 is 0 Å². The Balaban J connectivity index is 1.26. The summed E-state index contributed by atoms with van der Waals surface area (Å²) in [4.78, 5) is 19.5. The van der Waals surface area contributed by atoms with Crippen molar-refractivity contribution < 1.29 is 9.13 Å². The second-order valence-corrected chi connectivity index (χ2v) is 11.5. The molecule has 7 aromatic rings. The van der Waals surface area contributed by atoms with Gasteiger partial charge in [0, 0.05) is 27.8 Å². The number of hydrogen-bond acceptors (Lipinski definition) is 7. The SMILES string of the molecule is O=c1/c(=C/c2cn(-c3ccccc3)nc2-c2cccc(OCc3ccccc3F)c2)sc2nc(/C=C/c3cccs3)nn12. The first-order valence-electron chi connectivity index (χ1n) is 13.4. The van der Waals surface area contributed by atoms with E-state index >= 15 is 0 Å². The first kappa shape index (κ1) is 26.7. The zero-order valence-electron chi connectivity index (χ0n) is 22.5. The Kier molecular flexibility index (Phi) is 7.20. The fourth-order valence-corrected chi connectivity index (χ4v) is 6.07. The minimum Gasteiger partial charge on any atom is -0.489 e.